The molecule has 0 radical (unpaired) electrons. The molecule has 1 heterocycles. The fourth-order valence-corrected chi connectivity index (χ4v) is 2.33. The maximum atomic E-state index is 11.3. The fourth-order valence-electron chi connectivity index (χ4n) is 2.33. The van der Waals surface area contributed by atoms with Crippen molar-refractivity contribution in [1.29, 1.82) is 0 Å². The summed E-state index contributed by atoms with van der Waals surface area (Å²) >= 11 is 0. The van der Waals surface area contributed by atoms with Gasteiger partial charge in [-0.25, -0.2) is 4.98 Å². The molecule has 0 aliphatic rings. The molecule has 0 aliphatic heterocycles. The molecule has 0 atom stereocenters. The number of aldehydes is 1. The Morgan fingerprint density at radius 3 is 2.47 bits per heavy atom. The molecule has 19 heavy (non-hydrogen) atoms. The van der Waals surface area contributed by atoms with Gasteiger partial charge in [-0.1, -0.05) is 32.0 Å². The van der Waals surface area contributed by atoms with E-state index in [1.807, 2.05) is 30.3 Å². The number of nitrogens with zero attached hydrogens (tertiary/aromatic N) is 2. The lowest BCUT2D eigenvalue weighted by Crippen LogP contribution is -2.27. The maximum Gasteiger partial charge on any atom is 0.153 e. The number of aromatic nitrogens is 1. The molecule has 1 aromatic carbocycles. The van der Waals surface area contributed by atoms with Crippen LogP contribution in [0.5, 0.6) is 0 Å². The summed E-state index contributed by atoms with van der Waals surface area (Å²) in [7, 11) is 0. The molecule has 3 nitrogen and oxygen atoms in total. The molecule has 3 heteroatoms. The third-order valence-electron chi connectivity index (χ3n) is 3.15. The predicted octanol–water partition coefficient (Wildman–Crippen LogP) is 3.67. The van der Waals surface area contributed by atoms with Gasteiger partial charge in [0.2, 0.25) is 0 Å². The van der Waals surface area contributed by atoms with E-state index in [2.05, 4.69) is 23.7 Å². The van der Waals surface area contributed by atoms with Gasteiger partial charge in [-0.15, -0.1) is 0 Å². The van der Waals surface area contributed by atoms with E-state index in [0.717, 1.165) is 48.9 Å². The SMILES string of the molecule is CCCN(CCC)c1nc2ccccc2cc1C=O. The van der Waals surface area contributed by atoms with Crippen LogP contribution < -0.4 is 4.90 Å². The lowest BCUT2D eigenvalue weighted by atomic mass is 10.1. The number of carbonyl (C=O) groups excluding carboxylic acids is 1. The van der Waals surface area contributed by atoms with Gasteiger partial charge in [-0.05, 0) is 25.0 Å². The zero-order valence-electron chi connectivity index (χ0n) is 11.6. The summed E-state index contributed by atoms with van der Waals surface area (Å²) in [5, 5.41) is 1.02. The molecule has 0 N–H and O–H groups in total. The number of hydrogen-bond donors (Lipinski definition) is 0. The van der Waals surface area contributed by atoms with Crippen LogP contribution in [-0.2, 0) is 0 Å². The summed E-state index contributed by atoms with van der Waals surface area (Å²) in [6.07, 6.45) is 3.01. The van der Waals surface area contributed by atoms with E-state index in [-0.39, 0.29) is 0 Å². The third-order valence-corrected chi connectivity index (χ3v) is 3.15. The number of pyridine rings is 1. The highest BCUT2D eigenvalue weighted by Crippen LogP contribution is 2.22. The topological polar surface area (TPSA) is 33.2 Å². The minimum atomic E-state index is 0.681. The second-order valence-corrected chi connectivity index (χ2v) is 4.70. The van der Waals surface area contributed by atoms with Crippen molar-refractivity contribution in [2.45, 2.75) is 26.7 Å². The van der Waals surface area contributed by atoms with E-state index in [0.29, 0.717) is 5.56 Å². The highest BCUT2D eigenvalue weighted by Gasteiger charge is 2.12. The molecular formula is C16H20N2O. The Morgan fingerprint density at radius 1 is 1.16 bits per heavy atom. The van der Waals surface area contributed by atoms with Gasteiger partial charge in [-0.2, -0.15) is 0 Å². The monoisotopic (exact) mass is 256 g/mol. The number of fused-ring (bicyclic) bond motifs is 1. The van der Waals surface area contributed by atoms with Gasteiger partial charge in [0, 0.05) is 18.5 Å². The highest BCUT2D eigenvalue weighted by molar-refractivity contribution is 5.91. The van der Waals surface area contributed by atoms with Gasteiger partial charge >= 0.3 is 0 Å². The zero-order valence-corrected chi connectivity index (χ0v) is 11.6. The van der Waals surface area contributed by atoms with E-state index in [9.17, 15) is 4.79 Å². The summed E-state index contributed by atoms with van der Waals surface area (Å²) in [6.45, 7) is 6.15. The summed E-state index contributed by atoms with van der Waals surface area (Å²) in [5.41, 5.74) is 1.63. The van der Waals surface area contributed by atoms with E-state index < -0.39 is 0 Å². The molecule has 0 spiro atoms. The number of para-hydroxylation sites is 1. The van der Waals surface area contributed by atoms with E-state index in [1.165, 1.54) is 0 Å². The Bertz CT molecular complexity index is 560. The van der Waals surface area contributed by atoms with Crippen LogP contribution in [0.1, 0.15) is 37.0 Å². The number of carbonyl (C=O) groups is 1. The predicted molar refractivity (Wildman–Crippen MR) is 79.9 cm³/mol. The molecule has 2 rings (SSSR count). The van der Waals surface area contributed by atoms with E-state index in [1.54, 1.807) is 0 Å². The first-order valence-corrected chi connectivity index (χ1v) is 6.90. The largest absolute Gasteiger partial charge is 0.356 e. The van der Waals surface area contributed by atoms with Crippen LogP contribution in [0.15, 0.2) is 30.3 Å². The highest BCUT2D eigenvalue weighted by atomic mass is 16.1. The Balaban J connectivity index is 2.52. The van der Waals surface area contributed by atoms with Gasteiger partial charge in [0.15, 0.2) is 6.29 Å². The molecule has 0 saturated carbocycles. The van der Waals surface area contributed by atoms with Crippen LogP contribution in [-0.4, -0.2) is 24.4 Å². The Hall–Kier alpha value is -1.90. The molecule has 100 valence electrons. The molecule has 0 fully saturated rings. The van der Waals surface area contributed by atoms with E-state index in [4.69, 9.17) is 0 Å². The van der Waals surface area contributed by atoms with Crippen LogP contribution in [0.3, 0.4) is 0 Å². The average Bonchev–Trinajstić information content (AvgIpc) is 2.45. The van der Waals surface area contributed by atoms with Crippen molar-refractivity contribution in [3.63, 3.8) is 0 Å². The molecule has 0 bridgehead atoms. The number of rotatable bonds is 6. The van der Waals surface area contributed by atoms with Crippen LogP contribution in [0.4, 0.5) is 5.82 Å². The molecule has 1 aromatic heterocycles. The van der Waals surface area contributed by atoms with Gasteiger partial charge in [0.05, 0.1) is 11.1 Å². The summed E-state index contributed by atoms with van der Waals surface area (Å²) in [5.74, 6) is 0.817. The maximum absolute atomic E-state index is 11.3. The van der Waals surface area contributed by atoms with Crippen molar-refractivity contribution in [2.24, 2.45) is 0 Å². The molecule has 0 saturated heterocycles. The standard InChI is InChI=1S/C16H20N2O/c1-3-9-18(10-4-2)16-14(12-19)11-13-7-5-6-8-15(13)17-16/h5-8,11-12H,3-4,9-10H2,1-2H3. The average molecular weight is 256 g/mol. The van der Waals surface area contributed by atoms with Gasteiger partial charge in [-0.3, -0.25) is 4.79 Å². The minimum absolute atomic E-state index is 0.681. The zero-order chi connectivity index (χ0) is 13.7. The molecule has 0 amide bonds. The third kappa shape index (κ3) is 2.92. The first-order chi connectivity index (χ1) is 9.30. The Morgan fingerprint density at radius 2 is 1.84 bits per heavy atom. The summed E-state index contributed by atoms with van der Waals surface area (Å²) in [4.78, 5) is 18.2. The van der Waals surface area contributed by atoms with Crippen molar-refractivity contribution in [1.82, 2.24) is 4.98 Å². The first kappa shape index (κ1) is 13.5. The van der Waals surface area contributed by atoms with E-state index >= 15 is 0 Å². The van der Waals surface area contributed by atoms with Crippen LogP contribution in [0.2, 0.25) is 0 Å². The normalized spacial score (nSPS) is 10.6. The van der Waals surface area contributed by atoms with Crippen molar-refractivity contribution >= 4 is 23.0 Å². The molecule has 2 aromatic rings. The summed E-state index contributed by atoms with van der Waals surface area (Å²) in [6, 6.07) is 9.85. The van der Waals surface area contributed by atoms with Crippen molar-refractivity contribution in [3.8, 4) is 0 Å². The molecule has 0 aliphatic carbocycles. The smallest absolute Gasteiger partial charge is 0.153 e. The van der Waals surface area contributed by atoms with Crippen molar-refractivity contribution in [3.05, 3.63) is 35.9 Å². The molecule has 0 unspecified atom stereocenters. The minimum Gasteiger partial charge on any atom is -0.356 e. The van der Waals surface area contributed by atoms with Crippen molar-refractivity contribution in [2.75, 3.05) is 18.0 Å². The quantitative estimate of drug-likeness (QED) is 0.739. The first-order valence-electron chi connectivity index (χ1n) is 6.90. The van der Waals surface area contributed by atoms with Gasteiger partial charge < -0.3 is 4.90 Å². The Kier molecular flexibility index (Phi) is 4.50. The van der Waals surface area contributed by atoms with Crippen LogP contribution in [0.25, 0.3) is 10.9 Å². The van der Waals surface area contributed by atoms with Gasteiger partial charge in [0.1, 0.15) is 5.82 Å². The lowest BCUT2D eigenvalue weighted by molar-refractivity contribution is 0.112. The second kappa shape index (κ2) is 6.32. The summed E-state index contributed by atoms with van der Waals surface area (Å²) < 4.78 is 0. The second-order valence-electron chi connectivity index (χ2n) is 4.70. The molecular weight excluding hydrogens is 236 g/mol. The Labute approximate surface area is 114 Å². The fraction of sp³-hybridized carbons (Fsp3) is 0.375. The van der Waals surface area contributed by atoms with Crippen LogP contribution >= 0.6 is 0 Å². The number of benzene rings is 1. The van der Waals surface area contributed by atoms with Crippen molar-refractivity contribution < 1.29 is 4.79 Å². The number of hydrogen-bond acceptors (Lipinski definition) is 3. The lowest BCUT2D eigenvalue weighted by Gasteiger charge is -2.24. The number of anilines is 1. The van der Waals surface area contributed by atoms with Crippen LogP contribution in [0, 0.1) is 0 Å². The van der Waals surface area contributed by atoms with Gasteiger partial charge in [0.25, 0.3) is 0 Å².